The van der Waals surface area contributed by atoms with Crippen molar-refractivity contribution in [2.24, 2.45) is 5.14 Å². The summed E-state index contributed by atoms with van der Waals surface area (Å²) >= 11 is 0. The Morgan fingerprint density at radius 3 is 2.36 bits per heavy atom. The van der Waals surface area contributed by atoms with Gasteiger partial charge in [-0.15, -0.1) is 0 Å². The molecule has 3 rings (SSSR count). The van der Waals surface area contributed by atoms with Gasteiger partial charge in [0, 0.05) is 11.9 Å². The van der Waals surface area contributed by atoms with E-state index in [2.05, 4.69) is 10.3 Å². The van der Waals surface area contributed by atoms with Crippen molar-refractivity contribution >= 4 is 27.7 Å². The van der Waals surface area contributed by atoms with Gasteiger partial charge in [0.05, 0.1) is 10.6 Å². The van der Waals surface area contributed by atoms with Gasteiger partial charge < -0.3 is 10.1 Å². The number of rotatable bonds is 7. The minimum Gasteiger partial charge on any atom is -0.487 e. The molecule has 2 aromatic carbocycles. The molecule has 3 N–H and O–H groups in total. The third kappa shape index (κ3) is 6.26. The summed E-state index contributed by atoms with van der Waals surface area (Å²) in [4.78, 5) is 16.7. The summed E-state index contributed by atoms with van der Waals surface area (Å²) in [5, 5.41) is 17.1. The van der Waals surface area contributed by atoms with Gasteiger partial charge in [-0.1, -0.05) is 6.07 Å². The highest BCUT2D eigenvalue weighted by molar-refractivity contribution is 7.89. The summed E-state index contributed by atoms with van der Waals surface area (Å²) in [6.45, 7) is 4.10. The van der Waals surface area contributed by atoms with Gasteiger partial charge in [0.25, 0.3) is 5.91 Å². The van der Waals surface area contributed by atoms with E-state index in [4.69, 9.17) is 9.88 Å². The van der Waals surface area contributed by atoms with Crippen molar-refractivity contribution in [2.45, 2.75) is 25.3 Å². The van der Waals surface area contributed by atoms with Crippen LogP contribution in [0.3, 0.4) is 0 Å². The Kier molecular flexibility index (Phi) is 7.23. The van der Waals surface area contributed by atoms with Crippen molar-refractivity contribution in [3.63, 3.8) is 0 Å². The Morgan fingerprint density at radius 1 is 1.15 bits per heavy atom. The van der Waals surface area contributed by atoms with E-state index in [-0.39, 0.29) is 10.5 Å². The van der Waals surface area contributed by atoms with Gasteiger partial charge in [-0.2, -0.15) is 5.26 Å². The topological polar surface area (TPSA) is 135 Å². The van der Waals surface area contributed by atoms with Gasteiger partial charge in [0.1, 0.15) is 24.0 Å². The Morgan fingerprint density at radius 2 is 1.82 bits per heavy atom. The highest BCUT2D eigenvalue weighted by Crippen LogP contribution is 2.27. The van der Waals surface area contributed by atoms with Gasteiger partial charge in [0.15, 0.2) is 0 Å². The fourth-order valence-electron chi connectivity index (χ4n) is 3.17. The molecule has 1 heterocycles. The molecule has 0 radical (unpaired) electrons. The number of primary sulfonamides is 1. The van der Waals surface area contributed by atoms with Gasteiger partial charge in [-0.05, 0) is 85.1 Å². The number of carbonyl (C=O) groups is 1. The van der Waals surface area contributed by atoms with Crippen LogP contribution in [0.4, 0.5) is 5.69 Å². The van der Waals surface area contributed by atoms with Crippen molar-refractivity contribution in [2.75, 3.05) is 5.32 Å². The molecule has 0 saturated carbocycles. The van der Waals surface area contributed by atoms with Crippen LogP contribution in [0, 0.1) is 25.2 Å². The van der Waals surface area contributed by atoms with E-state index in [0.29, 0.717) is 17.9 Å². The highest BCUT2D eigenvalue weighted by Gasteiger charge is 2.13. The second-order valence-corrected chi connectivity index (χ2v) is 8.85. The number of aryl methyl sites for hydroxylation is 2. The lowest BCUT2D eigenvalue weighted by molar-refractivity contribution is -0.112. The predicted molar refractivity (Wildman–Crippen MR) is 125 cm³/mol. The van der Waals surface area contributed by atoms with Gasteiger partial charge in [-0.25, -0.2) is 13.6 Å². The van der Waals surface area contributed by atoms with Crippen molar-refractivity contribution in [3.05, 3.63) is 88.8 Å². The SMILES string of the molecule is Cc1cc(/C=C(\C#N)C(=O)Nc2ccc(S(N)(=O)=O)cc2)cc(C)c1OCc1ccccn1. The molecule has 1 aromatic heterocycles. The number of nitriles is 1. The molecule has 0 aliphatic heterocycles. The molecule has 0 fully saturated rings. The van der Waals surface area contributed by atoms with Gasteiger partial charge >= 0.3 is 0 Å². The number of hydrogen-bond acceptors (Lipinski definition) is 6. The Balaban J connectivity index is 1.76. The lowest BCUT2D eigenvalue weighted by Gasteiger charge is -2.13. The van der Waals surface area contributed by atoms with Crippen LogP contribution in [0.25, 0.3) is 6.08 Å². The highest BCUT2D eigenvalue weighted by atomic mass is 32.2. The first kappa shape index (κ1) is 23.7. The van der Waals surface area contributed by atoms with Crippen LogP contribution in [0.1, 0.15) is 22.4 Å². The number of pyridine rings is 1. The average molecular weight is 463 g/mol. The maximum absolute atomic E-state index is 12.5. The minimum atomic E-state index is -3.83. The zero-order valence-electron chi connectivity index (χ0n) is 18.1. The fraction of sp³-hybridized carbons (Fsp3) is 0.125. The number of sulfonamides is 1. The summed E-state index contributed by atoms with van der Waals surface area (Å²) in [6, 6.07) is 16.5. The molecule has 0 unspecified atom stereocenters. The Labute approximate surface area is 192 Å². The minimum absolute atomic E-state index is 0.0761. The van der Waals surface area contributed by atoms with E-state index in [1.807, 2.05) is 50.2 Å². The molecule has 0 spiro atoms. The van der Waals surface area contributed by atoms with Crippen LogP contribution in [-0.2, 0) is 21.4 Å². The van der Waals surface area contributed by atoms with Crippen LogP contribution in [0.2, 0.25) is 0 Å². The van der Waals surface area contributed by atoms with E-state index in [1.54, 1.807) is 6.20 Å². The number of anilines is 1. The maximum atomic E-state index is 12.5. The van der Waals surface area contributed by atoms with E-state index >= 15 is 0 Å². The normalized spacial score (nSPS) is 11.5. The fourth-order valence-corrected chi connectivity index (χ4v) is 3.68. The summed E-state index contributed by atoms with van der Waals surface area (Å²) in [7, 11) is -3.83. The van der Waals surface area contributed by atoms with Crippen molar-refractivity contribution in [1.29, 1.82) is 5.26 Å². The first-order chi connectivity index (χ1) is 15.7. The molecule has 3 aromatic rings. The predicted octanol–water partition coefficient (Wildman–Crippen LogP) is 3.47. The molecule has 0 saturated heterocycles. The summed E-state index contributed by atoms with van der Waals surface area (Å²) < 4.78 is 28.6. The third-order valence-electron chi connectivity index (χ3n) is 4.69. The largest absolute Gasteiger partial charge is 0.487 e. The number of nitrogens with two attached hydrogens (primary N) is 1. The zero-order chi connectivity index (χ0) is 24.0. The summed E-state index contributed by atoms with van der Waals surface area (Å²) in [5.41, 5.74) is 3.42. The zero-order valence-corrected chi connectivity index (χ0v) is 18.9. The number of carbonyl (C=O) groups excluding carboxylic acids is 1. The number of aromatic nitrogens is 1. The van der Waals surface area contributed by atoms with E-state index in [1.165, 1.54) is 30.3 Å². The monoisotopic (exact) mass is 462 g/mol. The number of benzene rings is 2. The Hall–Kier alpha value is -4.00. The quantitative estimate of drug-likeness (QED) is 0.408. The molecule has 0 aliphatic carbocycles. The molecule has 0 atom stereocenters. The van der Waals surface area contributed by atoms with Crippen LogP contribution in [0.15, 0.2) is 71.3 Å². The molecule has 9 heteroatoms. The molecular formula is C24H22N4O4S. The standard InChI is InChI=1S/C24H22N4O4S/c1-16-11-18(12-17(2)23(16)32-15-21-5-3-4-10-27-21)13-19(14-25)24(29)28-20-6-8-22(9-7-20)33(26,30)31/h3-13H,15H2,1-2H3,(H,28,29)(H2,26,30,31)/b19-13+. The number of amides is 1. The second-order valence-electron chi connectivity index (χ2n) is 7.29. The van der Waals surface area contributed by atoms with Crippen molar-refractivity contribution in [1.82, 2.24) is 4.98 Å². The smallest absolute Gasteiger partial charge is 0.266 e. The number of ether oxygens (including phenoxy) is 1. The molecule has 8 nitrogen and oxygen atoms in total. The van der Waals surface area contributed by atoms with Crippen LogP contribution in [-0.4, -0.2) is 19.3 Å². The van der Waals surface area contributed by atoms with E-state index in [0.717, 1.165) is 22.6 Å². The molecular weight excluding hydrogens is 440 g/mol. The molecule has 168 valence electrons. The Bertz CT molecular complexity index is 1320. The second kappa shape index (κ2) is 10.1. The summed E-state index contributed by atoms with van der Waals surface area (Å²) in [6.07, 6.45) is 3.19. The lowest BCUT2D eigenvalue weighted by atomic mass is 10.0. The van der Waals surface area contributed by atoms with Crippen LogP contribution < -0.4 is 15.2 Å². The molecule has 1 amide bonds. The summed E-state index contributed by atoms with van der Waals surface area (Å²) in [5.74, 6) is 0.0994. The van der Waals surface area contributed by atoms with Crippen LogP contribution in [0.5, 0.6) is 5.75 Å². The lowest BCUT2D eigenvalue weighted by Crippen LogP contribution is -2.14. The number of hydrogen-bond donors (Lipinski definition) is 2. The molecule has 0 aliphatic rings. The van der Waals surface area contributed by atoms with Crippen LogP contribution >= 0.6 is 0 Å². The van der Waals surface area contributed by atoms with Crippen molar-refractivity contribution < 1.29 is 17.9 Å². The molecule has 0 bridgehead atoms. The molecule has 33 heavy (non-hydrogen) atoms. The maximum Gasteiger partial charge on any atom is 0.266 e. The van der Waals surface area contributed by atoms with Crippen molar-refractivity contribution in [3.8, 4) is 11.8 Å². The average Bonchev–Trinajstić information content (AvgIpc) is 2.77. The van der Waals surface area contributed by atoms with E-state index < -0.39 is 15.9 Å². The first-order valence-electron chi connectivity index (χ1n) is 9.87. The van der Waals surface area contributed by atoms with E-state index in [9.17, 15) is 18.5 Å². The third-order valence-corrected chi connectivity index (χ3v) is 5.62. The first-order valence-corrected chi connectivity index (χ1v) is 11.4. The van der Waals surface area contributed by atoms with Gasteiger partial charge in [-0.3, -0.25) is 9.78 Å². The number of nitrogens with zero attached hydrogens (tertiary/aromatic N) is 2. The number of nitrogens with one attached hydrogen (secondary N) is 1. The van der Waals surface area contributed by atoms with Gasteiger partial charge in [0.2, 0.25) is 10.0 Å².